The summed E-state index contributed by atoms with van der Waals surface area (Å²) in [6.45, 7) is 3.47. The number of piperidine rings is 1. The molecule has 1 amide bonds. The first kappa shape index (κ1) is 19.1. The van der Waals surface area contributed by atoms with Crippen LogP contribution in [0.2, 0.25) is 0 Å². The van der Waals surface area contributed by atoms with Gasteiger partial charge in [0.2, 0.25) is 5.91 Å². The van der Waals surface area contributed by atoms with E-state index in [0.717, 1.165) is 42.0 Å². The molecule has 2 heterocycles. The fourth-order valence-electron chi connectivity index (χ4n) is 3.54. The second kappa shape index (κ2) is 8.39. The van der Waals surface area contributed by atoms with Crippen molar-refractivity contribution in [2.75, 3.05) is 23.3 Å². The second-order valence-electron chi connectivity index (χ2n) is 7.39. The quantitative estimate of drug-likeness (QED) is 0.715. The van der Waals surface area contributed by atoms with Gasteiger partial charge in [-0.05, 0) is 62.2 Å². The molecule has 1 aliphatic heterocycles. The minimum Gasteiger partial charge on any atom is -0.356 e. The zero-order valence-electron chi connectivity index (χ0n) is 16.3. The van der Waals surface area contributed by atoms with Crippen LogP contribution in [-0.2, 0) is 4.79 Å². The molecule has 0 saturated carbocycles. The van der Waals surface area contributed by atoms with Gasteiger partial charge in [0, 0.05) is 30.5 Å². The average molecular weight is 390 g/mol. The Hall–Kier alpha value is -3.28. The van der Waals surface area contributed by atoms with Crippen LogP contribution in [0.5, 0.6) is 0 Å². The summed E-state index contributed by atoms with van der Waals surface area (Å²) in [5.41, 5.74) is 2.74. The highest BCUT2D eigenvalue weighted by molar-refractivity contribution is 5.93. The number of nitrogens with one attached hydrogen (secondary N) is 1. The normalized spacial score (nSPS) is 16.5. The summed E-state index contributed by atoms with van der Waals surface area (Å²) < 4.78 is 13.2. The second-order valence-corrected chi connectivity index (χ2v) is 7.39. The van der Waals surface area contributed by atoms with E-state index in [4.69, 9.17) is 0 Å². The molecule has 1 fully saturated rings. The van der Waals surface area contributed by atoms with Crippen LogP contribution in [0.15, 0.2) is 60.8 Å². The predicted octanol–water partition coefficient (Wildman–Crippen LogP) is 4.45. The SMILES string of the molecule is Cc1ccc(NC(=O)[C@H]2CCCN(c3ccnc(-c4ccc(F)cc4)n3)C2)cc1. The highest BCUT2D eigenvalue weighted by atomic mass is 19.1. The molecule has 5 nitrogen and oxygen atoms in total. The summed E-state index contributed by atoms with van der Waals surface area (Å²) in [4.78, 5) is 23.8. The molecule has 1 saturated heterocycles. The Morgan fingerprint density at radius 3 is 2.62 bits per heavy atom. The number of halogens is 1. The molecular formula is C23H23FN4O. The highest BCUT2D eigenvalue weighted by Crippen LogP contribution is 2.25. The topological polar surface area (TPSA) is 58.1 Å². The van der Waals surface area contributed by atoms with Crippen LogP contribution in [0.4, 0.5) is 15.9 Å². The molecule has 1 aromatic heterocycles. The van der Waals surface area contributed by atoms with Gasteiger partial charge in [-0.1, -0.05) is 17.7 Å². The fourth-order valence-corrected chi connectivity index (χ4v) is 3.54. The van der Waals surface area contributed by atoms with Crippen LogP contribution in [0, 0.1) is 18.7 Å². The number of aryl methyl sites for hydroxylation is 1. The third kappa shape index (κ3) is 4.59. The minimum absolute atomic E-state index is 0.0337. The first-order valence-electron chi connectivity index (χ1n) is 9.80. The molecule has 148 valence electrons. The van der Waals surface area contributed by atoms with Crippen molar-refractivity contribution in [3.63, 3.8) is 0 Å². The van der Waals surface area contributed by atoms with E-state index in [1.165, 1.54) is 12.1 Å². The number of rotatable bonds is 4. The van der Waals surface area contributed by atoms with E-state index < -0.39 is 0 Å². The number of anilines is 2. The summed E-state index contributed by atoms with van der Waals surface area (Å²) in [5, 5.41) is 3.02. The molecule has 3 aromatic rings. The van der Waals surface area contributed by atoms with Gasteiger partial charge < -0.3 is 10.2 Å². The van der Waals surface area contributed by atoms with E-state index in [9.17, 15) is 9.18 Å². The van der Waals surface area contributed by atoms with E-state index in [2.05, 4.69) is 20.2 Å². The Bertz CT molecular complexity index is 989. The number of amides is 1. The lowest BCUT2D eigenvalue weighted by Crippen LogP contribution is -2.41. The summed E-state index contributed by atoms with van der Waals surface area (Å²) in [5.74, 6) is 0.977. The zero-order valence-corrected chi connectivity index (χ0v) is 16.3. The van der Waals surface area contributed by atoms with Gasteiger partial charge in [-0.2, -0.15) is 0 Å². The maximum Gasteiger partial charge on any atom is 0.229 e. The largest absolute Gasteiger partial charge is 0.356 e. The van der Waals surface area contributed by atoms with Crippen molar-refractivity contribution in [3.8, 4) is 11.4 Å². The van der Waals surface area contributed by atoms with Crippen LogP contribution in [0.25, 0.3) is 11.4 Å². The molecule has 1 N–H and O–H groups in total. The number of benzene rings is 2. The molecule has 0 radical (unpaired) electrons. The van der Waals surface area contributed by atoms with E-state index in [0.29, 0.717) is 12.4 Å². The summed E-state index contributed by atoms with van der Waals surface area (Å²) >= 11 is 0. The predicted molar refractivity (Wildman–Crippen MR) is 112 cm³/mol. The van der Waals surface area contributed by atoms with Crippen LogP contribution in [0.3, 0.4) is 0 Å². The van der Waals surface area contributed by atoms with Crippen molar-refractivity contribution in [3.05, 3.63) is 72.2 Å². The molecule has 0 aliphatic carbocycles. The van der Waals surface area contributed by atoms with E-state index in [1.54, 1.807) is 18.3 Å². The third-order valence-corrected chi connectivity index (χ3v) is 5.18. The minimum atomic E-state index is -0.289. The molecule has 1 aliphatic rings. The standard InChI is InChI=1S/C23H23FN4O/c1-16-4-10-20(11-5-16)26-23(29)18-3-2-14-28(15-18)21-12-13-25-22(27-21)17-6-8-19(24)9-7-17/h4-13,18H,2-3,14-15H2,1H3,(H,26,29)/t18-/m0/s1. The van der Waals surface area contributed by atoms with Crippen molar-refractivity contribution in [2.24, 2.45) is 5.92 Å². The van der Waals surface area contributed by atoms with Gasteiger partial charge in [-0.15, -0.1) is 0 Å². The zero-order chi connectivity index (χ0) is 20.2. The van der Waals surface area contributed by atoms with Crippen LogP contribution in [-0.4, -0.2) is 29.0 Å². The van der Waals surface area contributed by atoms with Gasteiger partial charge in [0.1, 0.15) is 11.6 Å². The highest BCUT2D eigenvalue weighted by Gasteiger charge is 2.27. The molecule has 6 heteroatoms. The summed E-state index contributed by atoms with van der Waals surface area (Å²) in [6.07, 6.45) is 3.48. The summed E-state index contributed by atoms with van der Waals surface area (Å²) in [6, 6.07) is 15.8. The molecule has 0 bridgehead atoms. The average Bonchev–Trinajstić information content (AvgIpc) is 2.76. The van der Waals surface area contributed by atoms with Crippen LogP contribution < -0.4 is 10.2 Å². The number of carbonyl (C=O) groups excluding carboxylic acids is 1. The monoisotopic (exact) mass is 390 g/mol. The first-order valence-corrected chi connectivity index (χ1v) is 9.80. The Balaban J connectivity index is 1.46. The van der Waals surface area contributed by atoms with Crippen molar-refractivity contribution >= 4 is 17.4 Å². The lowest BCUT2D eigenvalue weighted by Gasteiger charge is -2.33. The van der Waals surface area contributed by atoms with Gasteiger partial charge in [0.25, 0.3) is 0 Å². The van der Waals surface area contributed by atoms with Gasteiger partial charge in [-0.25, -0.2) is 14.4 Å². The Kier molecular flexibility index (Phi) is 5.51. The van der Waals surface area contributed by atoms with Crippen molar-refractivity contribution in [2.45, 2.75) is 19.8 Å². The lowest BCUT2D eigenvalue weighted by atomic mass is 9.97. The molecule has 0 spiro atoms. The number of aromatic nitrogens is 2. The van der Waals surface area contributed by atoms with Crippen LogP contribution in [0.1, 0.15) is 18.4 Å². The molecule has 29 heavy (non-hydrogen) atoms. The molecular weight excluding hydrogens is 367 g/mol. The maximum atomic E-state index is 13.2. The lowest BCUT2D eigenvalue weighted by molar-refractivity contribution is -0.120. The number of hydrogen-bond donors (Lipinski definition) is 1. The van der Waals surface area contributed by atoms with E-state index in [-0.39, 0.29) is 17.6 Å². The van der Waals surface area contributed by atoms with E-state index in [1.807, 2.05) is 37.3 Å². The molecule has 1 atom stereocenters. The van der Waals surface area contributed by atoms with Crippen molar-refractivity contribution in [1.82, 2.24) is 9.97 Å². The van der Waals surface area contributed by atoms with Crippen LogP contribution >= 0.6 is 0 Å². The first-order chi connectivity index (χ1) is 14.1. The van der Waals surface area contributed by atoms with Gasteiger partial charge in [0.05, 0.1) is 5.92 Å². The Morgan fingerprint density at radius 2 is 1.86 bits per heavy atom. The number of nitrogens with zero attached hydrogens (tertiary/aromatic N) is 3. The van der Waals surface area contributed by atoms with Crippen molar-refractivity contribution < 1.29 is 9.18 Å². The Morgan fingerprint density at radius 1 is 1.10 bits per heavy atom. The number of carbonyl (C=O) groups is 1. The third-order valence-electron chi connectivity index (χ3n) is 5.18. The molecule has 2 aromatic carbocycles. The smallest absolute Gasteiger partial charge is 0.229 e. The maximum absolute atomic E-state index is 13.2. The summed E-state index contributed by atoms with van der Waals surface area (Å²) in [7, 11) is 0. The van der Waals surface area contributed by atoms with Crippen molar-refractivity contribution in [1.29, 1.82) is 0 Å². The number of hydrogen-bond acceptors (Lipinski definition) is 4. The van der Waals surface area contributed by atoms with Gasteiger partial charge >= 0.3 is 0 Å². The fraction of sp³-hybridized carbons (Fsp3) is 0.261. The van der Waals surface area contributed by atoms with Gasteiger partial charge in [-0.3, -0.25) is 4.79 Å². The molecule has 4 rings (SSSR count). The van der Waals surface area contributed by atoms with E-state index >= 15 is 0 Å². The molecule has 0 unspecified atom stereocenters. The Labute approximate surface area is 169 Å². The van der Waals surface area contributed by atoms with Gasteiger partial charge in [0.15, 0.2) is 5.82 Å².